The van der Waals surface area contributed by atoms with Crippen molar-refractivity contribution in [3.05, 3.63) is 95.1 Å². The average Bonchev–Trinajstić information content (AvgIpc) is 3.06. The van der Waals surface area contributed by atoms with Crippen LogP contribution >= 0.6 is 0 Å². The van der Waals surface area contributed by atoms with Crippen molar-refractivity contribution in [3.63, 3.8) is 0 Å². The molecule has 4 rings (SSSR count). The molecule has 0 unspecified atom stereocenters. The van der Waals surface area contributed by atoms with Crippen LogP contribution in [0.2, 0.25) is 0 Å². The van der Waals surface area contributed by atoms with Crippen molar-refractivity contribution in [2.75, 3.05) is 6.61 Å². The van der Waals surface area contributed by atoms with Gasteiger partial charge in [0.25, 0.3) is 0 Å². The van der Waals surface area contributed by atoms with Gasteiger partial charge >= 0.3 is 6.09 Å². The van der Waals surface area contributed by atoms with Crippen LogP contribution < -0.4 is 10.4 Å². The predicted molar refractivity (Wildman–Crippen MR) is 112 cm³/mol. The summed E-state index contributed by atoms with van der Waals surface area (Å²) in [7, 11) is 0. The molecule has 1 atom stereocenters. The molecule has 30 heavy (non-hydrogen) atoms. The number of hydrogen-bond acceptors (Lipinski definition) is 4. The number of hydrogen-bond donors (Lipinski definition) is 1. The highest BCUT2D eigenvalue weighted by Gasteiger charge is 2.29. The van der Waals surface area contributed by atoms with E-state index in [-0.39, 0.29) is 18.9 Å². The van der Waals surface area contributed by atoms with Gasteiger partial charge in [0.05, 0.1) is 12.0 Å². The number of amides is 1. The van der Waals surface area contributed by atoms with E-state index < -0.39 is 18.1 Å². The third kappa shape index (κ3) is 4.06. The van der Waals surface area contributed by atoms with E-state index in [2.05, 4.69) is 17.4 Å². The summed E-state index contributed by atoms with van der Waals surface area (Å²) in [6, 6.07) is 22.4. The maximum Gasteiger partial charge on any atom is 0.407 e. The minimum absolute atomic E-state index is 0.0821. The van der Waals surface area contributed by atoms with E-state index >= 15 is 0 Å². The van der Waals surface area contributed by atoms with Crippen LogP contribution in [0.1, 0.15) is 28.2 Å². The number of aliphatic carboxylic acids is 1. The Labute approximate surface area is 175 Å². The van der Waals surface area contributed by atoms with Gasteiger partial charge in [0.1, 0.15) is 6.61 Å². The van der Waals surface area contributed by atoms with E-state index in [1.807, 2.05) is 67.6 Å². The highest BCUT2D eigenvalue weighted by Crippen LogP contribution is 2.44. The van der Waals surface area contributed by atoms with Gasteiger partial charge in [-0.2, -0.15) is 0 Å². The number of carboxylic acid groups (broad SMARTS) is 1. The summed E-state index contributed by atoms with van der Waals surface area (Å²) in [5.74, 6) is -1.42. The fraction of sp³-hybridized carbons (Fsp3) is 0.200. The van der Waals surface area contributed by atoms with Crippen LogP contribution in [-0.2, 0) is 16.0 Å². The molecule has 1 amide bonds. The monoisotopic (exact) mass is 400 g/mol. The number of carboxylic acids is 1. The van der Waals surface area contributed by atoms with Crippen LogP contribution in [0.3, 0.4) is 0 Å². The standard InChI is InChI=1S/C25H23NO4/c1-16-7-6-8-17(13-16)14-23(24(27)28)26-25(29)30-15-22-20-11-4-2-9-18(20)19-10-3-5-12-21(19)22/h2-13,22-23H,14-15H2,1H3,(H,26,29)(H,27,28)/p-1/t23-/m0/s1. The van der Waals surface area contributed by atoms with Crippen molar-refractivity contribution in [2.45, 2.75) is 25.3 Å². The lowest BCUT2D eigenvalue weighted by Crippen LogP contribution is -2.49. The molecule has 1 N–H and O–H groups in total. The van der Waals surface area contributed by atoms with E-state index in [1.165, 1.54) is 0 Å². The van der Waals surface area contributed by atoms with Gasteiger partial charge in [-0.05, 0) is 41.2 Å². The molecular formula is C25H22NO4-. The number of carbonyl (C=O) groups excluding carboxylic acids is 2. The first-order valence-corrected chi connectivity index (χ1v) is 9.91. The molecule has 152 valence electrons. The summed E-state index contributed by atoms with van der Waals surface area (Å²) >= 11 is 0. The van der Waals surface area contributed by atoms with Gasteiger partial charge in [-0.1, -0.05) is 78.4 Å². The average molecular weight is 400 g/mol. The Morgan fingerprint density at radius 1 is 0.967 bits per heavy atom. The minimum Gasteiger partial charge on any atom is -0.548 e. The number of fused-ring (bicyclic) bond motifs is 3. The normalized spacial score (nSPS) is 13.2. The van der Waals surface area contributed by atoms with Gasteiger partial charge in [0.15, 0.2) is 0 Å². The summed E-state index contributed by atoms with van der Waals surface area (Å²) in [6.45, 7) is 2.06. The lowest BCUT2D eigenvalue weighted by molar-refractivity contribution is -0.308. The maximum atomic E-state index is 12.4. The van der Waals surface area contributed by atoms with Gasteiger partial charge in [-0.3, -0.25) is 0 Å². The van der Waals surface area contributed by atoms with Crippen molar-refractivity contribution < 1.29 is 19.4 Å². The molecule has 5 heteroatoms. The van der Waals surface area contributed by atoms with E-state index in [1.54, 1.807) is 0 Å². The Morgan fingerprint density at radius 3 is 2.20 bits per heavy atom. The number of aryl methyl sites for hydroxylation is 1. The molecule has 0 radical (unpaired) electrons. The molecule has 0 saturated carbocycles. The quantitative estimate of drug-likeness (QED) is 0.689. The lowest BCUT2D eigenvalue weighted by Gasteiger charge is -2.21. The topological polar surface area (TPSA) is 78.5 Å². The summed E-state index contributed by atoms with van der Waals surface area (Å²) in [6.07, 6.45) is -0.632. The SMILES string of the molecule is Cc1cccc(C[C@H](NC(=O)OCC2c3ccccc3-c3ccccc32)C(=O)[O-])c1. The van der Waals surface area contributed by atoms with Gasteiger partial charge in [-0.25, -0.2) is 4.79 Å². The lowest BCUT2D eigenvalue weighted by atomic mass is 9.98. The van der Waals surface area contributed by atoms with E-state index in [9.17, 15) is 14.7 Å². The fourth-order valence-electron chi connectivity index (χ4n) is 4.05. The molecule has 0 aromatic heterocycles. The summed E-state index contributed by atoms with van der Waals surface area (Å²) in [5, 5.41) is 14.0. The second-order valence-electron chi connectivity index (χ2n) is 7.53. The number of rotatable bonds is 6. The molecular weight excluding hydrogens is 378 g/mol. The zero-order valence-electron chi connectivity index (χ0n) is 16.6. The van der Waals surface area contributed by atoms with Crippen LogP contribution in [0.25, 0.3) is 11.1 Å². The molecule has 3 aromatic rings. The summed E-state index contributed by atoms with van der Waals surface area (Å²) < 4.78 is 5.44. The van der Waals surface area contributed by atoms with Gasteiger partial charge < -0.3 is 20.0 Å². The van der Waals surface area contributed by atoms with Crippen molar-refractivity contribution in [2.24, 2.45) is 0 Å². The molecule has 0 bridgehead atoms. The number of benzene rings is 3. The highest BCUT2D eigenvalue weighted by molar-refractivity contribution is 5.80. The van der Waals surface area contributed by atoms with Crippen LogP contribution in [0.5, 0.6) is 0 Å². The zero-order chi connectivity index (χ0) is 21.1. The highest BCUT2D eigenvalue weighted by atomic mass is 16.5. The second-order valence-corrected chi connectivity index (χ2v) is 7.53. The van der Waals surface area contributed by atoms with Crippen molar-refractivity contribution in [1.29, 1.82) is 0 Å². The first-order chi connectivity index (χ1) is 14.5. The van der Waals surface area contributed by atoms with Crippen molar-refractivity contribution in [1.82, 2.24) is 5.32 Å². The van der Waals surface area contributed by atoms with E-state index in [4.69, 9.17) is 4.74 Å². The first-order valence-electron chi connectivity index (χ1n) is 9.91. The van der Waals surface area contributed by atoms with Crippen LogP contribution in [-0.4, -0.2) is 24.7 Å². The van der Waals surface area contributed by atoms with Crippen molar-refractivity contribution >= 4 is 12.1 Å². The number of nitrogens with one attached hydrogen (secondary N) is 1. The first kappa shape index (κ1) is 19.7. The molecule has 0 heterocycles. The number of alkyl carbamates (subject to hydrolysis) is 1. The third-order valence-corrected chi connectivity index (χ3v) is 5.44. The van der Waals surface area contributed by atoms with E-state index in [0.717, 1.165) is 33.4 Å². The number of ether oxygens (including phenoxy) is 1. The molecule has 0 saturated heterocycles. The Morgan fingerprint density at radius 2 is 1.60 bits per heavy atom. The third-order valence-electron chi connectivity index (χ3n) is 5.44. The maximum absolute atomic E-state index is 12.4. The second kappa shape index (κ2) is 8.41. The molecule has 0 spiro atoms. The molecule has 3 aromatic carbocycles. The Kier molecular flexibility index (Phi) is 5.53. The van der Waals surface area contributed by atoms with Gasteiger partial charge in [0, 0.05) is 5.92 Å². The smallest absolute Gasteiger partial charge is 0.407 e. The Hall–Kier alpha value is -3.60. The molecule has 1 aliphatic carbocycles. The van der Waals surface area contributed by atoms with Crippen molar-refractivity contribution in [3.8, 4) is 11.1 Å². The molecule has 1 aliphatic rings. The molecule has 0 fully saturated rings. The predicted octanol–water partition coefficient (Wildman–Crippen LogP) is 3.19. The van der Waals surface area contributed by atoms with Crippen LogP contribution in [0, 0.1) is 6.92 Å². The summed E-state index contributed by atoms with van der Waals surface area (Å²) in [5.41, 5.74) is 6.29. The van der Waals surface area contributed by atoms with Crippen LogP contribution in [0.15, 0.2) is 72.8 Å². The Balaban J connectivity index is 1.43. The Bertz CT molecular complexity index is 1050. The summed E-state index contributed by atoms with van der Waals surface area (Å²) in [4.78, 5) is 23.9. The van der Waals surface area contributed by atoms with Gasteiger partial charge in [-0.15, -0.1) is 0 Å². The zero-order valence-corrected chi connectivity index (χ0v) is 16.6. The van der Waals surface area contributed by atoms with Gasteiger partial charge in [0.2, 0.25) is 0 Å². The molecule has 0 aliphatic heterocycles. The van der Waals surface area contributed by atoms with E-state index in [0.29, 0.717) is 0 Å². The van der Waals surface area contributed by atoms with Crippen LogP contribution in [0.4, 0.5) is 4.79 Å². The largest absolute Gasteiger partial charge is 0.548 e. The minimum atomic E-state index is -1.34. The fourth-order valence-corrected chi connectivity index (χ4v) is 4.05. The number of carbonyl (C=O) groups is 2. The molecule has 5 nitrogen and oxygen atoms in total.